The van der Waals surface area contributed by atoms with Crippen molar-refractivity contribution in [3.05, 3.63) is 77.3 Å². The highest BCUT2D eigenvalue weighted by atomic mass is 35.5. The molecule has 0 radical (unpaired) electrons. The van der Waals surface area contributed by atoms with Crippen LogP contribution in [-0.2, 0) is 0 Å². The van der Waals surface area contributed by atoms with Gasteiger partial charge in [0.05, 0.1) is 22.4 Å². The Bertz CT molecular complexity index is 1080. The van der Waals surface area contributed by atoms with Crippen molar-refractivity contribution in [2.24, 2.45) is 11.8 Å². The monoisotopic (exact) mass is 465 g/mol. The van der Waals surface area contributed by atoms with Crippen molar-refractivity contribution in [1.29, 1.82) is 0 Å². The first-order valence-corrected chi connectivity index (χ1v) is 12.0. The van der Waals surface area contributed by atoms with Gasteiger partial charge in [0, 0.05) is 36.9 Å². The number of aromatic amines is 1. The van der Waals surface area contributed by atoms with E-state index in [2.05, 4.69) is 57.1 Å². The number of halogens is 1. The van der Waals surface area contributed by atoms with Crippen molar-refractivity contribution in [1.82, 2.24) is 15.3 Å². The average Bonchev–Trinajstić information content (AvgIpc) is 3.41. The Morgan fingerprint density at radius 3 is 2.53 bits per heavy atom. The maximum absolute atomic E-state index is 6.86. The van der Waals surface area contributed by atoms with Crippen molar-refractivity contribution < 1.29 is 0 Å². The second-order valence-electron chi connectivity index (χ2n) is 9.11. The van der Waals surface area contributed by atoms with Gasteiger partial charge in [0.15, 0.2) is 5.11 Å². The van der Waals surface area contributed by atoms with Gasteiger partial charge in [-0.05, 0) is 72.9 Å². The fourth-order valence-electron chi connectivity index (χ4n) is 5.24. The van der Waals surface area contributed by atoms with Gasteiger partial charge < -0.3 is 20.1 Å². The summed E-state index contributed by atoms with van der Waals surface area (Å²) in [6, 6.07) is 16.3. The van der Waals surface area contributed by atoms with Crippen molar-refractivity contribution in [3.8, 4) is 0 Å². The molecular weight excluding hydrogens is 438 g/mol. The molecule has 2 aliphatic heterocycles. The van der Waals surface area contributed by atoms with E-state index in [0.717, 1.165) is 40.9 Å². The molecule has 166 valence electrons. The minimum absolute atomic E-state index is 0.0515. The number of nitrogens with zero attached hydrogens (tertiary/aromatic N) is 3. The van der Waals surface area contributed by atoms with Crippen molar-refractivity contribution in [3.63, 3.8) is 0 Å². The standard InChI is InChI=1S/C25H28ClN5S/c1-16-12-17(2)15-30(14-16)22-9-8-18(13-19(22)26)31-24(21-7-5-11-28-21)23(29-25(31)32)20-6-3-4-10-27-20/h3-11,13,16-17,23-24,28H,12,14-15H2,1-2H3,(H,29,32)/t16-,17+,23-,24-/m1/s1. The highest BCUT2D eigenvalue weighted by Gasteiger charge is 2.41. The largest absolute Gasteiger partial charge is 0.370 e. The lowest BCUT2D eigenvalue weighted by atomic mass is 9.91. The number of anilines is 2. The molecule has 4 atom stereocenters. The molecule has 0 bridgehead atoms. The summed E-state index contributed by atoms with van der Waals surface area (Å²) in [5.74, 6) is 1.34. The van der Waals surface area contributed by atoms with Gasteiger partial charge in [-0.25, -0.2) is 0 Å². The Morgan fingerprint density at radius 2 is 1.88 bits per heavy atom. The second kappa shape index (κ2) is 8.75. The first-order valence-electron chi connectivity index (χ1n) is 11.2. The van der Waals surface area contributed by atoms with Gasteiger partial charge in [-0.1, -0.05) is 31.5 Å². The number of rotatable bonds is 4. The molecule has 1 aromatic carbocycles. The number of hydrogen-bond acceptors (Lipinski definition) is 3. The maximum atomic E-state index is 6.86. The number of H-pyrrole nitrogens is 1. The first kappa shape index (κ1) is 21.3. The summed E-state index contributed by atoms with van der Waals surface area (Å²) < 4.78 is 0. The van der Waals surface area contributed by atoms with Crippen LogP contribution in [0.15, 0.2) is 60.9 Å². The third kappa shape index (κ3) is 3.97. The highest BCUT2D eigenvalue weighted by molar-refractivity contribution is 7.80. The quantitative estimate of drug-likeness (QED) is 0.482. The average molecular weight is 466 g/mol. The molecule has 0 spiro atoms. The Kier molecular flexibility index (Phi) is 5.82. The molecule has 0 saturated carbocycles. The van der Waals surface area contributed by atoms with Crippen LogP contribution >= 0.6 is 23.8 Å². The zero-order valence-electron chi connectivity index (χ0n) is 18.3. The number of aromatic nitrogens is 2. The Morgan fingerprint density at radius 1 is 1.06 bits per heavy atom. The fourth-order valence-corrected chi connectivity index (χ4v) is 5.88. The maximum Gasteiger partial charge on any atom is 0.174 e. The first-order chi connectivity index (χ1) is 15.5. The van der Waals surface area contributed by atoms with Gasteiger partial charge in [-0.15, -0.1) is 0 Å². The zero-order chi connectivity index (χ0) is 22.2. The minimum Gasteiger partial charge on any atom is -0.370 e. The lowest BCUT2D eigenvalue weighted by Gasteiger charge is -2.37. The third-order valence-corrected chi connectivity index (χ3v) is 7.08. The van der Waals surface area contributed by atoms with E-state index in [1.165, 1.54) is 6.42 Å². The molecule has 0 aliphatic carbocycles. The van der Waals surface area contributed by atoms with Crippen LogP contribution in [0.25, 0.3) is 0 Å². The summed E-state index contributed by atoms with van der Waals surface area (Å²) in [6.07, 6.45) is 5.03. The molecule has 32 heavy (non-hydrogen) atoms. The van der Waals surface area contributed by atoms with Crippen molar-refractivity contribution in [2.45, 2.75) is 32.4 Å². The van der Waals surface area contributed by atoms with E-state index in [1.807, 2.05) is 42.7 Å². The Hall–Kier alpha value is -2.57. The van der Waals surface area contributed by atoms with Crippen LogP contribution in [0.2, 0.25) is 5.02 Å². The van der Waals surface area contributed by atoms with Crippen LogP contribution in [-0.4, -0.2) is 28.2 Å². The second-order valence-corrected chi connectivity index (χ2v) is 9.90. The number of benzene rings is 1. The number of thiocarbonyl (C=S) groups is 1. The molecule has 5 rings (SSSR count). The van der Waals surface area contributed by atoms with Crippen LogP contribution in [0.3, 0.4) is 0 Å². The van der Waals surface area contributed by atoms with Crippen molar-refractivity contribution >= 4 is 40.3 Å². The van der Waals surface area contributed by atoms with E-state index < -0.39 is 0 Å². The summed E-state index contributed by atoms with van der Waals surface area (Å²) in [5.41, 5.74) is 4.11. The topological polar surface area (TPSA) is 47.2 Å². The molecule has 0 amide bonds. The van der Waals surface area contributed by atoms with Gasteiger partial charge in [-0.3, -0.25) is 4.98 Å². The molecule has 2 fully saturated rings. The summed E-state index contributed by atoms with van der Waals surface area (Å²) in [5, 5.41) is 4.92. The molecular formula is C25H28ClN5S. The number of hydrogen-bond donors (Lipinski definition) is 2. The smallest absolute Gasteiger partial charge is 0.174 e. The number of pyridine rings is 1. The van der Waals surface area contributed by atoms with Gasteiger partial charge in [0.25, 0.3) is 0 Å². The summed E-state index contributed by atoms with van der Waals surface area (Å²) in [4.78, 5) is 12.5. The van der Waals surface area contributed by atoms with E-state index in [1.54, 1.807) is 0 Å². The summed E-state index contributed by atoms with van der Waals surface area (Å²) in [7, 11) is 0. The molecule has 5 nitrogen and oxygen atoms in total. The van der Waals surface area contributed by atoms with E-state index in [-0.39, 0.29) is 12.1 Å². The third-order valence-electron chi connectivity index (χ3n) is 6.46. The minimum atomic E-state index is -0.0652. The highest BCUT2D eigenvalue weighted by Crippen LogP contribution is 2.43. The molecule has 2 aliphatic rings. The molecule has 3 aromatic rings. The number of piperidine rings is 1. The van der Waals surface area contributed by atoms with E-state index in [9.17, 15) is 0 Å². The van der Waals surface area contributed by atoms with E-state index in [4.69, 9.17) is 23.8 Å². The summed E-state index contributed by atoms with van der Waals surface area (Å²) >= 11 is 12.7. The van der Waals surface area contributed by atoms with Gasteiger partial charge in [-0.2, -0.15) is 0 Å². The molecule has 2 aromatic heterocycles. The Labute approximate surface area is 199 Å². The van der Waals surface area contributed by atoms with E-state index >= 15 is 0 Å². The van der Waals surface area contributed by atoms with Crippen LogP contribution in [0.5, 0.6) is 0 Å². The van der Waals surface area contributed by atoms with E-state index in [0.29, 0.717) is 16.9 Å². The predicted molar refractivity (Wildman–Crippen MR) is 135 cm³/mol. The van der Waals surface area contributed by atoms with Gasteiger partial charge in [0.2, 0.25) is 0 Å². The van der Waals surface area contributed by atoms with Gasteiger partial charge >= 0.3 is 0 Å². The van der Waals surface area contributed by atoms with Crippen molar-refractivity contribution in [2.75, 3.05) is 22.9 Å². The zero-order valence-corrected chi connectivity index (χ0v) is 19.9. The SMILES string of the molecule is C[C@@H]1C[C@H](C)CN(c2ccc(N3C(=S)N[C@H](c4ccccn4)[C@H]3c3ccc[nH]3)cc2Cl)C1. The summed E-state index contributed by atoms with van der Waals surface area (Å²) in [6.45, 7) is 6.72. The van der Waals surface area contributed by atoms with Crippen LogP contribution in [0, 0.1) is 11.8 Å². The molecule has 4 heterocycles. The number of nitrogens with one attached hydrogen (secondary N) is 2. The lowest BCUT2D eigenvalue weighted by molar-refractivity contribution is 0.357. The predicted octanol–water partition coefficient (Wildman–Crippen LogP) is 5.72. The van der Waals surface area contributed by atoms with Gasteiger partial charge in [0.1, 0.15) is 6.04 Å². The normalized spacial score (nSPS) is 25.8. The Balaban J connectivity index is 1.50. The lowest BCUT2D eigenvalue weighted by Crippen LogP contribution is -2.38. The molecule has 2 N–H and O–H groups in total. The van der Waals surface area contributed by atoms with Crippen LogP contribution in [0.1, 0.15) is 43.7 Å². The van der Waals surface area contributed by atoms with Crippen LogP contribution in [0.4, 0.5) is 11.4 Å². The molecule has 7 heteroatoms. The fraction of sp³-hybridized carbons (Fsp3) is 0.360. The molecule has 0 unspecified atom stereocenters. The molecule has 2 saturated heterocycles. The van der Waals surface area contributed by atoms with Crippen LogP contribution < -0.4 is 15.1 Å².